The minimum absolute atomic E-state index is 0.629. The fraction of sp³-hybridized carbons (Fsp3) is 0.125. The van der Waals surface area contributed by atoms with Crippen LogP contribution in [-0.4, -0.2) is 11.6 Å². The maximum absolute atomic E-state index is 6.29. The fourth-order valence-electron chi connectivity index (χ4n) is 2.35. The number of ether oxygens (including phenoxy) is 1. The molecule has 0 aliphatic carbocycles. The van der Waals surface area contributed by atoms with E-state index < -0.39 is 0 Å². The summed E-state index contributed by atoms with van der Waals surface area (Å²) in [7, 11) is 0. The van der Waals surface area contributed by atoms with E-state index in [-0.39, 0.29) is 0 Å². The molecule has 19 heavy (non-hydrogen) atoms. The van der Waals surface area contributed by atoms with E-state index in [9.17, 15) is 0 Å². The highest BCUT2D eigenvalue weighted by Crippen LogP contribution is 2.37. The van der Waals surface area contributed by atoms with Gasteiger partial charge in [-0.05, 0) is 19.1 Å². The van der Waals surface area contributed by atoms with E-state index in [4.69, 9.17) is 10.5 Å². The Morgan fingerprint density at radius 1 is 1.05 bits per heavy atom. The van der Waals surface area contributed by atoms with E-state index >= 15 is 0 Å². The summed E-state index contributed by atoms with van der Waals surface area (Å²) in [6.07, 6.45) is 0. The third kappa shape index (κ3) is 1.93. The number of anilines is 1. The number of nitrogens with one attached hydrogen (secondary N) is 1. The lowest BCUT2D eigenvalue weighted by Crippen LogP contribution is -1.93. The highest BCUT2D eigenvalue weighted by Gasteiger charge is 2.13. The molecular weight excluding hydrogens is 236 g/mol. The van der Waals surface area contributed by atoms with Crippen molar-refractivity contribution in [3.63, 3.8) is 0 Å². The van der Waals surface area contributed by atoms with Crippen LogP contribution in [0, 0.1) is 0 Å². The average Bonchev–Trinajstić information content (AvgIpc) is 2.79. The van der Waals surface area contributed by atoms with Crippen molar-refractivity contribution in [1.29, 1.82) is 0 Å². The third-order valence-electron chi connectivity index (χ3n) is 3.19. The van der Waals surface area contributed by atoms with Crippen LogP contribution in [0.5, 0.6) is 5.75 Å². The van der Waals surface area contributed by atoms with Crippen LogP contribution in [0.1, 0.15) is 6.92 Å². The number of hydrogen-bond donors (Lipinski definition) is 2. The number of nitrogen functional groups attached to an aromatic ring is 1. The molecule has 0 aliphatic rings. The zero-order chi connectivity index (χ0) is 13.2. The van der Waals surface area contributed by atoms with Crippen molar-refractivity contribution in [3.05, 3.63) is 48.5 Å². The molecule has 1 heterocycles. The van der Waals surface area contributed by atoms with Gasteiger partial charge in [0.2, 0.25) is 0 Å². The highest BCUT2D eigenvalue weighted by atomic mass is 16.5. The van der Waals surface area contributed by atoms with Crippen LogP contribution >= 0.6 is 0 Å². The van der Waals surface area contributed by atoms with Gasteiger partial charge in [-0.2, -0.15) is 0 Å². The van der Waals surface area contributed by atoms with Gasteiger partial charge >= 0.3 is 0 Å². The standard InChI is InChI=1S/C16H16N2O/c1-2-19-13-10-6-9-12-14(13)15(17)16(18-12)11-7-4-3-5-8-11/h3-10,18H,2,17H2,1H3. The van der Waals surface area contributed by atoms with Gasteiger partial charge in [0.05, 0.1) is 28.9 Å². The third-order valence-corrected chi connectivity index (χ3v) is 3.19. The van der Waals surface area contributed by atoms with Crippen molar-refractivity contribution < 1.29 is 4.74 Å². The molecule has 3 nitrogen and oxygen atoms in total. The number of hydrogen-bond acceptors (Lipinski definition) is 2. The zero-order valence-corrected chi connectivity index (χ0v) is 10.8. The quantitative estimate of drug-likeness (QED) is 0.744. The lowest BCUT2D eigenvalue weighted by molar-refractivity contribution is 0.344. The monoisotopic (exact) mass is 252 g/mol. The molecule has 0 saturated heterocycles. The Labute approximate surface area is 112 Å². The number of fused-ring (bicyclic) bond motifs is 1. The lowest BCUT2D eigenvalue weighted by Gasteiger charge is -2.05. The highest BCUT2D eigenvalue weighted by molar-refractivity contribution is 6.03. The minimum Gasteiger partial charge on any atom is -0.493 e. The van der Waals surface area contributed by atoms with Crippen LogP contribution in [0.2, 0.25) is 0 Å². The summed E-state index contributed by atoms with van der Waals surface area (Å²) < 4.78 is 5.65. The van der Waals surface area contributed by atoms with E-state index in [1.54, 1.807) is 0 Å². The molecule has 0 bridgehead atoms. The molecule has 96 valence electrons. The summed E-state index contributed by atoms with van der Waals surface area (Å²) in [5, 5.41) is 0.961. The Morgan fingerprint density at radius 3 is 2.58 bits per heavy atom. The molecular formula is C16H16N2O. The maximum Gasteiger partial charge on any atom is 0.130 e. The number of nitrogens with two attached hydrogens (primary N) is 1. The predicted molar refractivity (Wildman–Crippen MR) is 79.3 cm³/mol. The van der Waals surface area contributed by atoms with Gasteiger partial charge in [0, 0.05) is 5.56 Å². The SMILES string of the molecule is CCOc1cccc2[nH]c(-c3ccccc3)c(N)c12. The first kappa shape index (κ1) is 11.7. The van der Waals surface area contributed by atoms with Gasteiger partial charge in [0.15, 0.2) is 0 Å². The van der Waals surface area contributed by atoms with Crippen molar-refractivity contribution in [1.82, 2.24) is 4.98 Å². The van der Waals surface area contributed by atoms with Gasteiger partial charge in [-0.25, -0.2) is 0 Å². The molecule has 0 saturated carbocycles. The first-order chi connectivity index (χ1) is 9.31. The number of H-pyrrole nitrogens is 1. The number of aromatic amines is 1. The Morgan fingerprint density at radius 2 is 1.84 bits per heavy atom. The smallest absolute Gasteiger partial charge is 0.130 e. The number of benzene rings is 2. The van der Waals surface area contributed by atoms with Gasteiger partial charge in [-0.3, -0.25) is 0 Å². The second kappa shape index (κ2) is 4.69. The summed E-state index contributed by atoms with van der Waals surface area (Å²) >= 11 is 0. The molecule has 0 amide bonds. The predicted octanol–water partition coefficient (Wildman–Crippen LogP) is 3.82. The zero-order valence-electron chi connectivity index (χ0n) is 10.8. The molecule has 3 heteroatoms. The van der Waals surface area contributed by atoms with Crippen LogP contribution in [0.15, 0.2) is 48.5 Å². The van der Waals surface area contributed by atoms with Crippen LogP contribution in [0.3, 0.4) is 0 Å². The molecule has 3 aromatic rings. The summed E-state index contributed by atoms with van der Waals surface area (Å²) in [4.78, 5) is 3.37. The Hall–Kier alpha value is -2.42. The van der Waals surface area contributed by atoms with Crippen molar-refractivity contribution in [2.24, 2.45) is 0 Å². The van der Waals surface area contributed by atoms with Gasteiger partial charge in [0.25, 0.3) is 0 Å². The second-order valence-electron chi connectivity index (χ2n) is 4.39. The van der Waals surface area contributed by atoms with Crippen LogP contribution in [0.25, 0.3) is 22.2 Å². The normalized spacial score (nSPS) is 10.8. The second-order valence-corrected chi connectivity index (χ2v) is 4.39. The molecule has 0 aliphatic heterocycles. The molecule has 0 radical (unpaired) electrons. The maximum atomic E-state index is 6.29. The van der Waals surface area contributed by atoms with E-state index in [0.29, 0.717) is 6.61 Å². The van der Waals surface area contributed by atoms with Crippen LogP contribution in [-0.2, 0) is 0 Å². The minimum atomic E-state index is 0.629. The van der Waals surface area contributed by atoms with Gasteiger partial charge in [0.1, 0.15) is 5.75 Å². The fourth-order valence-corrected chi connectivity index (χ4v) is 2.35. The largest absolute Gasteiger partial charge is 0.493 e. The van der Waals surface area contributed by atoms with Gasteiger partial charge < -0.3 is 15.5 Å². The molecule has 3 N–H and O–H groups in total. The molecule has 0 atom stereocenters. The van der Waals surface area contributed by atoms with Crippen molar-refractivity contribution in [2.75, 3.05) is 12.3 Å². The lowest BCUT2D eigenvalue weighted by atomic mass is 10.1. The molecule has 1 aromatic heterocycles. The van der Waals surface area contributed by atoms with Crippen molar-refractivity contribution in [2.45, 2.75) is 6.92 Å². The Bertz CT molecular complexity index is 701. The van der Waals surface area contributed by atoms with Crippen LogP contribution < -0.4 is 10.5 Å². The van der Waals surface area contributed by atoms with Crippen LogP contribution in [0.4, 0.5) is 5.69 Å². The van der Waals surface area contributed by atoms with E-state index in [0.717, 1.165) is 33.6 Å². The first-order valence-corrected chi connectivity index (χ1v) is 6.39. The molecule has 0 fully saturated rings. The summed E-state index contributed by atoms with van der Waals surface area (Å²) in [6.45, 7) is 2.60. The van der Waals surface area contributed by atoms with Crippen molar-refractivity contribution >= 4 is 16.6 Å². The summed E-state index contributed by atoms with van der Waals surface area (Å²) in [6, 6.07) is 16.0. The number of rotatable bonds is 3. The summed E-state index contributed by atoms with van der Waals surface area (Å²) in [5.74, 6) is 0.830. The van der Waals surface area contributed by atoms with Gasteiger partial charge in [-0.1, -0.05) is 36.4 Å². The molecule has 2 aromatic carbocycles. The van der Waals surface area contributed by atoms with E-state index in [1.165, 1.54) is 0 Å². The Balaban J connectivity index is 2.24. The molecule has 0 unspecified atom stereocenters. The molecule has 0 spiro atoms. The Kier molecular flexibility index (Phi) is 2.88. The van der Waals surface area contributed by atoms with E-state index in [1.807, 2.05) is 55.5 Å². The molecule has 3 rings (SSSR count). The first-order valence-electron chi connectivity index (χ1n) is 6.39. The van der Waals surface area contributed by atoms with Crippen molar-refractivity contribution in [3.8, 4) is 17.0 Å². The summed E-state index contributed by atoms with van der Waals surface area (Å²) in [5.41, 5.74) is 10.1. The number of aromatic nitrogens is 1. The van der Waals surface area contributed by atoms with E-state index in [2.05, 4.69) is 4.98 Å². The average molecular weight is 252 g/mol. The van der Waals surface area contributed by atoms with Gasteiger partial charge in [-0.15, -0.1) is 0 Å². The topological polar surface area (TPSA) is 51.0 Å².